The summed E-state index contributed by atoms with van der Waals surface area (Å²) in [6.45, 7) is 4.23. The maximum Gasteiger partial charge on any atom is 0.272 e. The number of rotatable bonds is 4. The zero-order chi connectivity index (χ0) is 14.7. The van der Waals surface area contributed by atoms with Crippen LogP contribution in [0.25, 0.3) is 0 Å². The van der Waals surface area contributed by atoms with Gasteiger partial charge in [0.25, 0.3) is 5.69 Å². The van der Waals surface area contributed by atoms with Crippen LogP contribution in [0.2, 0.25) is 0 Å². The molecule has 1 aromatic rings. The molecule has 0 aromatic heterocycles. The first-order chi connectivity index (χ1) is 9.45. The Bertz CT molecular complexity index is 496. The minimum absolute atomic E-state index is 0.0627. The highest BCUT2D eigenvalue weighted by Gasteiger charge is 2.23. The van der Waals surface area contributed by atoms with Crippen LogP contribution in [0.5, 0.6) is 0 Å². The first-order valence-corrected chi connectivity index (χ1v) is 6.49. The van der Waals surface area contributed by atoms with E-state index in [4.69, 9.17) is 10.5 Å². The quantitative estimate of drug-likeness (QED) is 0.665. The maximum absolute atomic E-state index is 13.4. The summed E-state index contributed by atoms with van der Waals surface area (Å²) in [5, 5.41) is 10.7. The third kappa shape index (κ3) is 3.72. The molecule has 0 radical (unpaired) electrons. The summed E-state index contributed by atoms with van der Waals surface area (Å²) in [4.78, 5) is 12.2. The molecule has 6 nitrogen and oxygen atoms in total. The van der Waals surface area contributed by atoms with Crippen molar-refractivity contribution in [3.8, 4) is 0 Å². The van der Waals surface area contributed by atoms with Crippen molar-refractivity contribution in [2.45, 2.75) is 25.6 Å². The molecule has 2 N–H and O–H groups in total. The van der Waals surface area contributed by atoms with Crippen LogP contribution in [0.4, 0.5) is 10.1 Å². The molecule has 1 aromatic carbocycles. The van der Waals surface area contributed by atoms with Gasteiger partial charge >= 0.3 is 0 Å². The fourth-order valence-electron chi connectivity index (χ4n) is 2.28. The van der Waals surface area contributed by atoms with Crippen LogP contribution in [-0.4, -0.2) is 41.7 Å². The van der Waals surface area contributed by atoms with E-state index in [-0.39, 0.29) is 17.8 Å². The van der Waals surface area contributed by atoms with Crippen molar-refractivity contribution in [2.24, 2.45) is 5.73 Å². The lowest BCUT2D eigenvalue weighted by Crippen LogP contribution is -2.49. The summed E-state index contributed by atoms with van der Waals surface area (Å²) >= 11 is 0. The molecule has 0 saturated carbocycles. The smallest absolute Gasteiger partial charge is 0.272 e. The van der Waals surface area contributed by atoms with Crippen molar-refractivity contribution in [3.05, 3.63) is 39.7 Å². The van der Waals surface area contributed by atoms with Crippen LogP contribution in [-0.2, 0) is 11.3 Å². The number of nitro groups is 1. The molecule has 1 heterocycles. The van der Waals surface area contributed by atoms with E-state index in [1.807, 2.05) is 6.92 Å². The van der Waals surface area contributed by atoms with Gasteiger partial charge in [0.05, 0.1) is 23.7 Å². The molecule has 110 valence electrons. The van der Waals surface area contributed by atoms with Gasteiger partial charge in [-0.25, -0.2) is 4.39 Å². The molecule has 2 unspecified atom stereocenters. The molecule has 1 aliphatic heterocycles. The second-order valence-electron chi connectivity index (χ2n) is 5.08. The van der Waals surface area contributed by atoms with Crippen molar-refractivity contribution in [1.82, 2.24) is 4.90 Å². The zero-order valence-electron chi connectivity index (χ0n) is 11.3. The fraction of sp³-hybridized carbons (Fsp3) is 0.538. The third-order valence-electron chi connectivity index (χ3n) is 3.32. The van der Waals surface area contributed by atoms with Gasteiger partial charge in [0, 0.05) is 31.7 Å². The number of morpholine rings is 1. The first-order valence-electron chi connectivity index (χ1n) is 6.49. The van der Waals surface area contributed by atoms with Crippen molar-refractivity contribution >= 4 is 5.69 Å². The van der Waals surface area contributed by atoms with Crippen LogP contribution in [0.3, 0.4) is 0 Å². The predicted octanol–water partition coefficient (Wildman–Crippen LogP) is 1.28. The molecule has 0 aliphatic carbocycles. The molecule has 0 bridgehead atoms. The monoisotopic (exact) mass is 283 g/mol. The lowest BCUT2D eigenvalue weighted by Gasteiger charge is -2.34. The highest BCUT2D eigenvalue weighted by molar-refractivity contribution is 5.35. The lowest BCUT2D eigenvalue weighted by molar-refractivity contribution is -0.385. The van der Waals surface area contributed by atoms with Gasteiger partial charge in [-0.15, -0.1) is 0 Å². The van der Waals surface area contributed by atoms with Crippen LogP contribution in [0.1, 0.15) is 12.5 Å². The van der Waals surface area contributed by atoms with Crippen molar-refractivity contribution in [3.63, 3.8) is 0 Å². The average Bonchev–Trinajstić information content (AvgIpc) is 2.38. The molecule has 20 heavy (non-hydrogen) atoms. The molecule has 0 amide bonds. The molecule has 1 saturated heterocycles. The molecular formula is C13H18FN3O3. The Hall–Kier alpha value is -1.57. The third-order valence-corrected chi connectivity index (χ3v) is 3.32. The summed E-state index contributed by atoms with van der Waals surface area (Å²) in [7, 11) is 0. The van der Waals surface area contributed by atoms with Gasteiger partial charge in [-0.3, -0.25) is 15.0 Å². The Kier molecular flexibility index (Phi) is 4.64. The van der Waals surface area contributed by atoms with Crippen molar-refractivity contribution < 1.29 is 14.1 Å². The number of halogens is 1. The number of ether oxygens (including phenoxy) is 1. The van der Waals surface area contributed by atoms with Gasteiger partial charge in [0.2, 0.25) is 0 Å². The van der Waals surface area contributed by atoms with Gasteiger partial charge < -0.3 is 10.5 Å². The minimum atomic E-state index is -0.591. The van der Waals surface area contributed by atoms with E-state index in [1.54, 1.807) is 0 Å². The van der Waals surface area contributed by atoms with E-state index < -0.39 is 10.7 Å². The Morgan fingerprint density at radius 3 is 3.00 bits per heavy atom. The van der Waals surface area contributed by atoms with E-state index in [2.05, 4.69) is 4.90 Å². The standard InChI is InChI=1S/C13H18FN3O3/c1-9(15)13-8-16(2-3-20-13)7-10-4-11(14)6-12(5-10)17(18)19/h4-6,9,13H,2-3,7-8,15H2,1H3. The van der Waals surface area contributed by atoms with Crippen molar-refractivity contribution in [2.75, 3.05) is 19.7 Å². The SMILES string of the molecule is CC(N)C1CN(Cc2cc(F)cc([N+](=O)[O-])c2)CCO1. The molecule has 2 atom stereocenters. The first kappa shape index (κ1) is 14.8. The van der Waals surface area contributed by atoms with Crippen LogP contribution >= 0.6 is 0 Å². The lowest BCUT2D eigenvalue weighted by atomic mass is 10.1. The normalized spacial score (nSPS) is 21.6. The second-order valence-corrected chi connectivity index (χ2v) is 5.08. The summed E-state index contributed by atoms with van der Waals surface area (Å²) < 4.78 is 18.9. The Morgan fingerprint density at radius 1 is 1.60 bits per heavy atom. The number of hydrogen-bond acceptors (Lipinski definition) is 5. The summed E-state index contributed by atoms with van der Waals surface area (Å²) in [6, 6.07) is 3.57. The molecule has 1 fully saturated rings. The van der Waals surface area contributed by atoms with Gasteiger partial charge in [-0.2, -0.15) is 0 Å². The molecular weight excluding hydrogens is 265 g/mol. The molecule has 2 rings (SSSR count). The Balaban J connectivity index is 2.07. The Labute approximate surface area is 116 Å². The van der Waals surface area contributed by atoms with Crippen LogP contribution in [0, 0.1) is 15.9 Å². The maximum atomic E-state index is 13.4. The summed E-state index contributed by atoms with van der Waals surface area (Å²) in [5.41, 5.74) is 6.17. The zero-order valence-corrected chi connectivity index (χ0v) is 11.3. The van der Waals surface area contributed by atoms with E-state index in [1.165, 1.54) is 12.1 Å². The average molecular weight is 283 g/mol. The van der Waals surface area contributed by atoms with Gasteiger partial charge in [-0.05, 0) is 18.6 Å². The number of nitro benzene ring substituents is 1. The van der Waals surface area contributed by atoms with Gasteiger partial charge in [-0.1, -0.05) is 0 Å². The number of benzene rings is 1. The number of hydrogen-bond donors (Lipinski definition) is 1. The predicted molar refractivity (Wildman–Crippen MR) is 71.7 cm³/mol. The van der Waals surface area contributed by atoms with Crippen LogP contribution < -0.4 is 5.73 Å². The Morgan fingerprint density at radius 2 is 2.35 bits per heavy atom. The molecule has 0 spiro atoms. The molecule has 1 aliphatic rings. The largest absolute Gasteiger partial charge is 0.374 e. The number of non-ortho nitro benzene ring substituents is 1. The summed E-state index contributed by atoms with van der Waals surface area (Å²) in [5.74, 6) is -0.591. The van der Waals surface area contributed by atoms with E-state index in [0.717, 1.165) is 6.07 Å². The van der Waals surface area contributed by atoms with E-state index in [9.17, 15) is 14.5 Å². The highest BCUT2D eigenvalue weighted by Crippen LogP contribution is 2.19. The number of nitrogens with zero attached hydrogens (tertiary/aromatic N) is 2. The van der Waals surface area contributed by atoms with E-state index >= 15 is 0 Å². The fourth-order valence-corrected chi connectivity index (χ4v) is 2.28. The topological polar surface area (TPSA) is 81.6 Å². The molecule has 7 heteroatoms. The van der Waals surface area contributed by atoms with Crippen molar-refractivity contribution in [1.29, 1.82) is 0 Å². The summed E-state index contributed by atoms with van der Waals surface area (Å²) in [6.07, 6.45) is -0.0627. The highest BCUT2D eigenvalue weighted by atomic mass is 19.1. The van der Waals surface area contributed by atoms with Gasteiger partial charge in [0.1, 0.15) is 5.82 Å². The second kappa shape index (κ2) is 6.25. The van der Waals surface area contributed by atoms with Crippen LogP contribution in [0.15, 0.2) is 18.2 Å². The van der Waals surface area contributed by atoms with E-state index in [0.29, 0.717) is 31.8 Å². The van der Waals surface area contributed by atoms with Gasteiger partial charge in [0.15, 0.2) is 0 Å². The minimum Gasteiger partial charge on any atom is -0.374 e. The number of nitrogens with two attached hydrogens (primary N) is 1.